The molecule has 630 valence electrons. The van der Waals surface area contributed by atoms with Crippen molar-refractivity contribution in [3.63, 3.8) is 0 Å². The van der Waals surface area contributed by atoms with Crippen molar-refractivity contribution in [1.82, 2.24) is 132 Å². The quantitative estimate of drug-likeness (QED) is 0.130. The predicted octanol–water partition coefficient (Wildman–Crippen LogP) is 23.0. The summed E-state index contributed by atoms with van der Waals surface area (Å²) in [4.78, 5) is 103. The van der Waals surface area contributed by atoms with Crippen LogP contribution in [0.25, 0.3) is 263 Å². The van der Waals surface area contributed by atoms with Gasteiger partial charge in [-0.05, 0) is 194 Å². The number of hydrogen-bond acceptors (Lipinski definition) is 24. The van der Waals surface area contributed by atoms with Gasteiger partial charge < -0.3 is 0 Å². The van der Waals surface area contributed by atoms with Gasteiger partial charge in [0.25, 0.3) is 0 Å². The summed E-state index contributed by atoms with van der Waals surface area (Å²) in [6, 6.07) is 92.1. The van der Waals surface area contributed by atoms with Gasteiger partial charge >= 0.3 is 0 Å². The Kier molecular flexibility index (Phi) is 16.9. The van der Waals surface area contributed by atoms with Crippen LogP contribution in [-0.2, 0) is 0 Å². The summed E-state index contributed by atoms with van der Waals surface area (Å²) in [6.07, 6.45) is 21.3. The molecule has 0 N–H and O–H groups in total. The zero-order chi connectivity index (χ0) is 88.5. The summed E-state index contributed by atoms with van der Waals surface area (Å²) in [5.74, 6) is 4.05. The number of nitrogens with zero attached hydrogens (tertiary/aromatic N) is 27. The summed E-state index contributed by atoms with van der Waals surface area (Å²) in [5.41, 5.74) is 11.3. The highest BCUT2D eigenvalue weighted by molar-refractivity contribution is 7.27. The second-order valence-electron chi connectivity index (χ2n) is 32.2. The average Bonchev–Trinajstić information content (AvgIpc) is 1.58. The first-order valence-corrected chi connectivity index (χ1v) is 45.7. The molecule has 24 heterocycles. The second-order valence-corrected chi connectivity index (χ2v) is 35.4. The minimum Gasteiger partial charge on any atom is -0.245 e. The van der Waals surface area contributed by atoms with E-state index in [1.54, 1.807) is 108 Å². The number of thiophene rings is 3. The van der Waals surface area contributed by atoms with Crippen molar-refractivity contribution in [3.8, 4) is 69.9 Å². The molecule has 0 aliphatic rings. The Morgan fingerprint density at radius 2 is 0.400 bits per heavy atom. The minimum atomic E-state index is 0.407. The summed E-state index contributed by atoms with van der Waals surface area (Å²) in [7, 11) is 0. The van der Waals surface area contributed by atoms with Crippen LogP contribution in [0.4, 0.5) is 0 Å². The van der Waals surface area contributed by atoms with E-state index in [-0.39, 0.29) is 0 Å². The van der Waals surface area contributed by atoms with Gasteiger partial charge in [0.1, 0.15) is 67.8 Å². The van der Waals surface area contributed by atoms with Crippen LogP contribution in [0.5, 0.6) is 0 Å². The lowest BCUT2D eigenvalue weighted by Crippen LogP contribution is -2.11. The van der Waals surface area contributed by atoms with Crippen LogP contribution in [-0.4, -0.2) is 132 Å². The van der Waals surface area contributed by atoms with Crippen LogP contribution in [0.15, 0.2) is 347 Å². The van der Waals surface area contributed by atoms with Gasteiger partial charge in [0.2, 0.25) is 35.7 Å². The smallest absolute Gasteiger partial charge is 0.242 e. The largest absolute Gasteiger partial charge is 0.245 e. The van der Waals surface area contributed by atoms with E-state index in [2.05, 4.69) is 127 Å². The zero-order valence-electron chi connectivity index (χ0n) is 70.2. The summed E-state index contributed by atoms with van der Waals surface area (Å²) >= 11 is 5.28. The molecule has 30 aromatic rings. The molecule has 27 nitrogen and oxygen atoms in total. The average molecular weight is 1790 g/mol. The van der Waals surface area contributed by atoms with E-state index in [0.717, 1.165) is 112 Å². The van der Waals surface area contributed by atoms with Gasteiger partial charge in [0, 0.05) is 216 Å². The first-order chi connectivity index (χ1) is 67.0. The van der Waals surface area contributed by atoms with Crippen LogP contribution >= 0.6 is 34.0 Å². The predicted molar refractivity (Wildman–Crippen MR) is 534 cm³/mol. The number of fused-ring (bicyclic) bond motifs is 27. The number of hydrogen-bond donors (Lipinski definition) is 0. The van der Waals surface area contributed by atoms with Gasteiger partial charge in [0.15, 0.2) is 17.5 Å². The molecule has 0 saturated heterocycles. The van der Waals surface area contributed by atoms with E-state index in [9.17, 15) is 0 Å². The van der Waals surface area contributed by atoms with Crippen LogP contribution < -0.4 is 0 Å². The zero-order valence-corrected chi connectivity index (χ0v) is 72.7. The Labute approximate surface area is 770 Å². The molecule has 0 radical (unpaired) electrons. The van der Waals surface area contributed by atoms with E-state index in [1.165, 1.54) is 29.6 Å². The Morgan fingerprint density at radius 1 is 0.163 bits per heavy atom. The number of rotatable bonds is 9. The molecule has 0 saturated carbocycles. The van der Waals surface area contributed by atoms with Crippen LogP contribution in [0.1, 0.15) is 0 Å². The van der Waals surface area contributed by atoms with Crippen molar-refractivity contribution in [2.75, 3.05) is 0 Å². The van der Waals surface area contributed by atoms with E-state index >= 15 is 0 Å². The maximum atomic E-state index is 5.16. The Hall–Kier alpha value is -18.4. The van der Waals surface area contributed by atoms with Crippen molar-refractivity contribution in [3.05, 3.63) is 347 Å². The van der Waals surface area contributed by atoms with Gasteiger partial charge in [-0.3, -0.25) is 0 Å². The van der Waals surface area contributed by atoms with Crippen molar-refractivity contribution in [1.29, 1.82) is 0 Å². The number of pyridine rings is 12. The Morgan fingerprint density at radius 3 is 0.741 bits per heavy atom. The van der Waals surface area contributed by atoms with Gasteiger partial charge in [-0.15, -0.1) is 34.0 Å². The standard InChI is InChI=1S/3C35H19N9S/c1-2-14-26-24(8-1)28-25(9-3-15-27(28)45-26)29-40-34(43-30-20(10-4-16-36-30)21-11-5-17-37-31(21)43)42-35(41-29)44-32-22(12-6-18-38-32)23-13-7-19-39-33(23)44;1-2-15-27-20(8-1)21-9-3-10-26(28(21)45-27)29-40-34(43-30-22(11-4-16-36-30)23-12-5-17-37-31(23)43)42-35(41-29)44-32-24(13-6-18-38-32)25-14-7-19-39-33(25)44;1-2-12-27-21(7-1)26-19-20(13-14-28(26)45-27)29-40-34(43-30-22(8-3-15-36-30)23-9-4-16-37-31(23)43)42-35(41-29)44-32-24(10-5-17-38-32)25-11-6-18-39-33(25)44/h3*1-19H. The molecule has 0 bridgehead atoms. The van der Waals surface area contributed by atoms with Crippen molar-refractivity contribution in [2.24, 2.45) is 0 Å². The van der Waals surface area contributed by atoms with Gasteiger partial charge in [-0.25, -0.2) is 87.2 Å². The molecular weight excluding hydrogens is 1740 g/mol. The van der Waals surface area contributed by atoms with Gasteiger partial charge in [-0.2, -0.15) is 44.9 Å². The second kappa shape index (κ2) is 30.1. The SMILES string of the molecule is c1ccc2c(c1)sc1c(-c3nc(-n4c5ncccc5c5cccnc54)nc(-n4c5ncccc5c5cccnc54)n3)cccc12.c1ccc2c(c1)sc1ccc(-c3nc(-n4c5ncccc5c5cccnc54)nc(-n4c5ncccc5c5cccnc54)n3)cc12.c1ccc2c(c1)sc1cccc(-c3nc(-n4c5ncccc5c5cccnc54)nc(-n4c5ncccc5c5cccnc54)n3)c12. The van der Waals surface area contributed by atoms with Gasteiger partial charge in [0.05, 0.1) is 0 Å². The van der Waals surface area contributed by atoms with E-state index in [4.69, 9.17) is 105 Å². The highest BCUT2D eigenvalue weighted by Gasteiger charge is 2.29. The van der Waals surface area contributed by atoms with E-state index in [1.807, 2.05) is 173 Å². The summed E-state index contributed by atoms with van der Waals surface area (Å²) in [5, 5.41) is 18.6. The fraction of sp³-hybridized carbons (Fsp3) is 0. The lowest BCUT2D eigenvalue weighted by atomic mass is 10.1. The monoisotopic (exact) mass is 1790 g/mol. The Balaban J connectivity index is 0.000000101. The highest BCUT2D eigenvalue weighted by atomic mass is 32.1. The topological polar surface area (TPSA) is 300 Å². The number of benzene rings is 6. The lowest BCUT2D eigenvalue weighted by molar-refractivity contribution is 0.875. The van der Waals surface area contributed by atoms with Crippen molar-refractivity contribution >= 4 is 227 Å². The fourth-order valence-electron chi connectivity index (χ4n) is 18.9. The molecule has 30 heteroatoms. The Bertz CT molecular complexity index is 9480. The van der Waals surface area contributed by atoms with Crippen LogP contribution in [0.3, 0.4) is 0 Å². The van der Waals surface area contributed by atoms with E-state index < -0.39 is 0 Å². The first kappa shape index (κ1) is 75.6. The highest BCUT2D eigenvalue weighted by Crippen LogP contribution is 2.45. The third-order valence-electron chi connectivity index (χ3n) is 24.7. The molecule has 6 aromatic carbocycles. The first-order valence-electron chi connectivity index (χ1n) is 43.2. The van der Waals surface area contributed by atoms with Crippen LogP contribution in [0, 0.1) is 0 Å². The molecule has 135 heavy (non-hydrogen) atoms. The maximum absolute atomic E-state index is 5.16. The third kappa shape index (κ3) is 11.8. The normalized spacial score (nSPS) is 12.0. The van der Waals surface area contributed by atoms with Gasteiger partial charge in [-0.1, -0.05) is 78.9 Å². The molecule has 0 fully saturated rings. The molecule has 24 aromatic heterocycles. The molecule has 30 rings (SSSR count). The molecule has 0 amide bonds. The molecule has 0 unspecified atom stereocenters. The molecule has 0 aliphatic heterocycles. The molecule has 0 atom stereocenters. The fourth-order valence-corrected chi connectivity index (χ4v) is 22.4. The summed E-state index contributed by atoms with van der Waals surface area (Å²) in [6.45, 7) is 0. The third-order valence-corrected chi connectivity index (χ3v) is 28.2. The molecule has 0 aliphatic carbocycles. The maximum Gasteiger partial charge on any atom is 0.242 e. The van der Waals surface area contributed by atoms with Crippen LogP contribution in [0.2, 0.25) is 0 Å². The van der Waals surface area contributed by atoms with E-state index in [0.29, 0.717) is 121 Å². The van der Waals surface area contributed by atoms with Crippen molar-refractivity contribution < 1.29 is 0 Å². The lowest BCUT2D eigenvalue weighted by Gasteiger charge is -2.12. The molecular formula is C105H57N27S3. The minimum absolute atomic E-state index is 0.407. The number of aromatic nitrogens is 27. The molecule has 0 spiro atoms. The van der Waals surface area contributed by atoms with Crippen molar-refractivity contribution in [2.45, 2.75) is 0 Å². The summed E-state index contributed by atoms with van der Waals surface area (Å²) < 4.78 is 18.6.